The molecule has 1 saturated heterocycles. The number of nitrogens with zero attached hydrogens (tertiary/aromatic N) is 1. The quantitative estimate of drug-likeness (QED) is 0.896. The molecule has 0 unspecified atom stereocenters. The summed E-state index contributed by atoms with van der Waals surface area (Å²) in [5, 5.41) is 6.20. The van der Waals surface area contributed by atoms with Gasteiger partial charge >= 0.3 is 0 Å². The van der Waals surface area contributed by atoms with Gasteiger partial charge in [-0.25, -0.2) is 0 Å². The molecule has 0 spiro atoms. The number of nitrogens with one attached hydrogen (secondary N) is 2. The predicted molar refractivity (Wildman–Crippen MR) is 98.4 cm³/mol. The van der Waals surface area contributed by atoms with Gasteiger partial charge in [0.25, 0.3) is 0 Å². The van der Waals surface area contributed by atoms with Gasteiger partial charge in [0.15, 0.2) is 0 Å². The summed E-state index contributed by atoms with van der Waals surface area (Å²) in [7, 11) is 0. The Morgan fingerprint density at radius 2 is 1.75 bits per heavy atom. The van der Waals surface area contributed by atoms with Crippen LogP contribution in [0.4, 0.5) is 17.1 Å². The maximum Gasteiger partial charge on any atom is 0.248 e. The first-order valence-corrected chi connectivity index (χ1v) is 8.87. The molecule has 0 saturated carbocycles. The van der Waals surface area contributed by atoms with Gasteiger partial charge in [-0.05, 0) is 30.3 Å². The van der Waals surface area contributed by atoms with Gasteiger partial charge in [0.05, 0.1) is 5.88 Å². The molecule has 0 radical (unpaired) electrons. The molecule has 24 heavy (non-hydrogen) atoms. The summed E-state index contributed by atoms with van der Waals surface area (Å²) in [6.07, 6.45) is 0. The zero-order valence-corrected chi connectivity index (χ0v) is 14.2. The number of carbonyl (C=O) groups excluding carboxylic acids is 2. The first kappa shape index (κ1) is 16.4. The van der Waals surface area contributed by atoms with Gasteiger partial charge in [0, 0.05) is 29.7 Å². The summed E-state index contributed by atoms with van der Waals surface area (Å²) in [6.45, 7) is 1.50. The lowest BCUT2D eigenvalue weighted by Gasteiger charge is -2.21. The van der Waals surface area contributed by atoms with Crippen LogP contribution in [0.5, 0.6) is 0 Å². The van der Waals surface area contributed by atoms with Gasteiger partial charge in [-0.3, -0.25) is 9.59 Å². The van der Waals surface area contributed by atoms with Crippen molar-refractivity contribution in [3.63, 3.8) is 0 Å². The summed E-state index contributed by atoms with van der Waals surface area (Å²) in [5.41, 5.74) is 2.58. The van der Waals surface area contributed by atoms with Gasteiger partial charge in [-0.1, -0.05) is 24.3 Å². The molecule has 1 heterocycles. The van der Waals surface area contributed by atoms with Gasteiger partial charge in [-0.15, -0.1) is 11.8 Å². The van der Waals surface area contributed by atoms with Gasteiger partial charge < -0.3 is 15.5 Å². The number of hydrogen-bond donors (Lipinski definition) is 2. The SMILES string of the molecule is CC(=O)N1CSC[C@@H]1C(=O)Nc1cccc(Nc2ccccc2)c1. The van der Waals surface area contributed by atoms with Crippen molar-refractivity contribution in [3.8, 4) is 0 Å². The number of carbonyl (C=O) groups is 2. The van der Waals surface area contributed by atoms with E-state index in [0.717, 1.165) is 11.4 Å². The highest BCUT2D eigenvalue weighted by Crippen LogP contribution is 2.24. The van der Waals surface area contributed by atoms with Gasteiger partial charge in [0.2, 0.25) is 11.8 Å². The van der Waals surface area contributed by atoms with E-state index in [1.807, 2.05) is 54.6 Å². The first-order valence-electron chi connectivity index (χ1n) is 7.71. The highest BCUT2D eigenvalue weighted by atomic mass is 32.2. The molecule has 1 aliphatic heterocycles. The smallest absolute Gasteiger partial charge is 0.248 e. The molecule has 6 heteroatoms. The van der Waals surface area contributed by atoms with E-state index in [1.165, 1.54) is 6.92 Å². The van der Waals surface area contributed by atoms with E-state index in [2.05, 4.69) is 10.6 Å². The average molecular weight is 341 g/mol. The maximum absolute atomic E-state index is 12.5. The van der Waals surface area contributed by atoms with E-state index in [1.54, 1.807) is 16.7 Å². The second-order valence-electron chi connectivity index (χ2n) is 5.57. The molecule has 2 aromatic carbocycles. The summed E-state index contributed by atoms with van der Waals surface area (Å²) in [5.74, 6) is 0.989. The minimum Gasteiger partial charge on any atom is -0.355 e. The van der Waals surface area contributed by atoms with Crippen LogP contribution in [0.1, 0.15) is 6.92 Å². The molecule has 0 aromatic heterocycles. The third-order valence-corrected chi connectivity index (χ3v) is 4.79. The van der Waals surface area contributed by atoms with Crippen molar-refractivity contribution >= 4 is 40.6 Å². The van der Waals surface area contributed by atoms with Crippen molar-refractivity contribution in [1.82, 2.24) is 4.90 Å². The molecule has 1 fully saturated rings. The molecule has 5 nitrogen and oxygen atoms in total. The monoisotopic (exact) mass is 341 g/mol. The fourth-order valence-corrected chi connectivity index (χ4v) is 3.78. The van der Waals surface area contributed by atoms with Crippen LogP contribution in [0, 0.1) is 0 Å². The lowest BCUT2D eigenvalue weighted by Crippen LogP contribution is -2.43. The normalized spacial score (nSPS) is 16.7. The Morgan fingerprint density at radius 1 is 1.04 bits per heavy atom. The van der Waals surface area contributed by atoms with Crippen molar-refractivity contribution in [2.75, 3.05) is 22.3 Å². The number of benzene rings is 2. The fraction of sp³-hybridized carbons (Fsp3) is 0.222. The van der Waals surface area contributed by atoms with Gasteiger partial charge in [-0.2, -0.15) is 0 Å². The molecular formula is C18H19N3O2S. The third-order valence-electron chi connectivity index (χ3n) is 3.78. The zero-order valence-electron chi connectivity index (χ0n) is 13.4. The Hall–Kier alpha value is -2.47. The van der Waals surface area contributed by atoms with Crippen molar-refractivity contribution in [2.24, 2.45) is 0 Å². The van der Waals surface area contributed by atoms with Crippen LogP contribution in [0.3, 0.4) is 0 Å². The fourth-order valence-electron chi connectivity index (χ4n) is 2.56. The number of para-hydroxylation sites is 1. The van der Waals surface area contributed by atoms with Crippen molar-refractivity contribution in [1.29, 1.82) is 0 Å². The van der Waals surface area contributed by atoms with Crippen LogP contribution < -0.4 is 10.6 Å². The lowest BCUT2D eigenvalue weighted by atomic mass is 10.2. The van der Waals surface area contributed by atoms with E-state index in [-0.39, 0.29) is 11.8 Å². The second-order valence-corrected chi connectivity index (χ2v) is 6.57. The summed E-state index contributed by atoms with van der Waals surface area (Å²) < 4.78 is 0. The van der Waals surface area contributed by atoms with Crippen LogP contribution in [0.2, 0.25) is 0 Å². The van der Waals surface area contributed by atoms with Crippen LogP contribution in [-0.4, -0.2) is 34.4 Å². The molecule has 124 valence electrons. The van der Waals surface area contributed by atoms with Crippen LogP contribution >= 0.6 is 11.8 Å². The van der Waals surface area contributed by atoms with Crippen LogP contribution in [0.25, 0.3) is 0 Å². The summed E-state index contributed by atoms with van der Waals surface area (Å²) in [6, 6.07) is 17.0. The molecule has 2 amide bonds. The average Bonchev–Trinajstić information content (AvgIpc) is 3.06. The van der Waals surface area contributed by atoms with E-state index < -0.39 is 6.04 Å². The molecule has 1 atom stereocenters. The molecule has 0 bridgehead atoms. The predicted octanol–water partition coefficient (Wildman–Crippen LogP) is 3.29. The number of amides is 2. The number of hydrogen-bond acceptors (Lipinski definition) is 4. The topological polar surface area (TPSA) is 61.4 Å². The van der Waals surface area contributed by atoms with Crippen molar-refractivity contribution in [3.05, 3.63) is 54.6 Å². The summed E-state index contributed by atoms with van der Waals surface area (Å²) >= 11 is 1.59. The largest absolute Gasteiger partial charge is 0.355 e. The van der Waals surface area contributed by atoms with Crippen LogP contribution in [-0.2, 0) is 9.59 Å². The third kappa shape index (κ3) is 3.89. The molecule has 0 aliphatic carbocycles. The van der Waals surface area contributed by atoms with Crippen molar-refractivity contribution < 1.29 is 9.59 Å². The maximum atomic E-state index is 12.5. The Morgan fingerprint density at radius 3 is 2.50 bits per heavy atom. The van der Waals surface area contributed by atoms with Gasteiger partial charge in [0.1, 0.15) is 6.04 Å². The van der Waals surface area contributed by atoms with Crippen LogP contribution in [0.15, 0.2) is 54.6 Å². The molecule has 2 aromatic rings. The highest BCUT2D eigenvalue weighted by molar-refractivity contribution is 7.99. The number of rotatable bonds is 4. The van der Waals surface area contributed by atoms with E-state index >= 15 is 0 Å². The van der Waals surface area contributed by atoms with E-state index in [4.69, 9.17) is 0 Å². The Balaban J connectivity index is 1.68. The molecule has 1 aliphatic rings. The highest BCUT2D eigenvalue weighted by Gasteiger charge is 2.32. The Labute approximate surface area is 145 Å². The zero-order chi connectivity index (χ0) is 16.9. The molecular weight excluding hydrogens is 322 g/mol. The van der Waals surface area contributed by atoms with E-state index in [9.17, 15) is 9.59 Å². The lowest BCUT2D eigenvalue weighted by molar-refractivity contribution is -0.134. The Kier molecular flexibility index (Phi) is 5.05. The second kappa shape index (κ2) is 7.40. The minimum absolute atomic E-state index is 0.0698. The molecule has 2 N–H and O–H groups in total. The molecule has 3 rings (SSSR count). The number of thioether (sulfide) groups is 1. The van der Waals surface area contributed by atoms with Crippen molar-refractivity contribution in [2.45, 2.75) is 13.0 Å². The van der Waals surface area contributed by atoms with E-state index in [0.29, 0.717) is 17.3 Å². The minimum atomic E-state index is -0.404. The number of anilines is 3. The summed E-state index contributed by atoms with van der Waals surface area (Å²) in [4.78, 5) is 25.7. The first-order chi connectivity index (χ1) is 11.6. The standard InChI is InChI=1S/C18H19N3O2S/c1-13(22)21-12-24-11-17(21)18(23)20-16-9-5-8-15(10-16)19-14-6-3-2-4-7-14/h2-10,17,19H,11-12H2,1H3,(H,20,23)/t17-/m1/s1. The Bertz CT molecular complexity index is 736.